The van der Waals surface area contributed by atoms with Crippen LogP contribution in [0.3, 0.4) is 0 Å². The van der Waals surface area contributed by atoms with E-state index in [0.717, 1.165) is 15.7 Å². The summed E-state index contributed by atoms with van der Waals surface area (Å²) in [5.41, 5.74) is 1.55. The minimum Gasteiger partial charge on any atom is -0.456 e. The van der Waals surface area contributed by atoms with Gasteiger partial charge < -0.3 is 15.4 Å². The number of likely N-dealkylation sites (N-methyl/N-ethyl adjacent to an activating group) is 1. The number of fused-ring (bicyclic) bond motifs is 1. The molecular weight excluding hydrogens is 356 g/mol. The number of rotatable bonds is 3. The Morgan fingerprint density at radius 2 is 2.00 bits per heavy atom. The van der Waals surface area contributed by atoms with Gasteiger partial charge in [0.25, 0.3) is 0 Å². The lowest BCUT2D eigenvalue weighted by molar-refractivity contribution is -0.117. The molecule has 2 N–H and O–H groups in total. The highest BCUT2D eigenvalue weighted by Crippen LogP contribution is 2.40. The fourth-order valence-corrected chi connectivity index (χ4v) is 2.73. The predicted octanol–water partition coefficient (Wildman–Crippen LogP) is 4.11. The maximum absolute atomic E-state index is 11.8. The topological polar surface area (TPSA) is 50.4 Å². The van der Waals surface area contributed by atoms with Crippen LogP contribution in [0.1, 0.15) is 11.6 Å². The van der Waals surface area contributed by atoms with Crippen molar-refractivity contribution in [1.82, 2.24) is 5.32 Å². The largest absolute Gasteiger partial charge is 0.456 e. The number of anilines is 1. The summed E-state index contributed by atoms with van der Waals surface area (Å²) >= 11 is 9.63. The Morgan fingerprint density at radius 1 is 1.29 bits per heavy atom. The van der Waals surface area contributed by atoms with Gasteiger partial charge in [-0.15, -0.1) is 0 Å². The molecule has 0 saturated heterocycles. The van der Waals surface area contributed by atoms with Crippen LogP contribution in [-0.4, -0.2) is 13.0 Å². The number of carbonyl (C=O) groups is 1. The van der Waals surface area contributed by atoms with E-state index in [2.05, 4.69) is 26.6 Å². The summed E-state index contributed by atoms with van der Waals surface area (Å²) in [4.78, 5) is 11.8. The summed E-state index contributed by atoms with van der Waals surface area (Å²) in [5, 5.41) is 6.24. The van der Waals surface area contributed by atoms with E-state index in [1.807, 2.05) is 24.3 Å². The first-order chi connectivity index (χ1) is 10.1. The molecule has 1 heterocycles. The van der Waals surface area contributed by atoms with Crippen molar-refractivity contribution in [2.24, 2.45) is 0 Å². The summed E-state index contributed by atoms with van der Waals surface area (Å²) in [6.07, 6.45) is 0. The third-order valence-electron chi connectivity index (χ3n) is 3.27. The molecule has 0 aromatic heterocycles. The number of ether oxygens (including phenoxy) is 1. The van der Waals surface area contributed by atoms with Gasteiger partial charge in [0.05, 0.1) is 5.02 Å². The number of benzene rings is 2. The SMILES string of the molecule is CNC1C(=O)Nc2cc(Oc3ccc(Br)cc3)c(Cl)cc21. The van der Waals surface area contributed by atoms with Gasteiger partial charge in [-0.2, -0.15) is 0 Å². The van der Waals surface area contributed by atoms with Crippen molar-refractivity contribution < 1.29 is 9.53 Å². The molecule has 1 atom stereocenters. The van der Waals surface area contributed by atoms with Gasteiger partial charge in [0, 0.05) is 21.8 Å². The number of amides is 1. The molecule has 6 heteroatoms. The number of halogens is 2. The van der Waals surface area contributed by atoms with Crippen LogP contribution < -0.4 is 15.4 Å². The maximum atomic E-state index is 11.8. The zero-order valence-electron chi connectivity index (χ0n) is 11.1. The van der Waals surface area contributed by atoms with Crippen LogP contribution in [0, 0.1) is 0 Å². The molecule has 21 heavy (non-hydrogen) atoms. The Hall–Kier alpha value is -1.56. The summed E-state index contributed by atoms with van der Waals surface area (Å²) in [6, 6.07) is 10.6. The van der Waals surface area contributed by atoms with Crippen LogP contribution in [0.4, 0.5) is 5.69 Å². The smallest absolute Gasteiger partial charge is 0.246 e. The van der Waals surface area contributed by atoms with Gasteiger partial charge in [-0.1, -0.05) is 27.5 Å². The second kappa shape index (κ2) is 5.67. The predicted molar refractivity (Wildman–Crippen MR) is 86.1 cm³/mol. The maximum Gasteiger partial charge on any atom is 0.246 e. The standard InChI is InChI=1S/C15H12BrClN2O2/c1-18-14-10-6-11(17)13(7-12(10)19-15(14)20)21-9-4-2-8(16)3-5-9/h2-7,14,18H,1H3,(H,19,20). The highest BCUT2D eigenvalue weighted by atomic mass is 79.9. The third-order valence-corrected chi connectivity index (χ3v) is 4.09. The van der Waals surface area contributed by atoms with E-state index in [1.165, 1.54) is 0 Å². The molecule has 1 aliphatic heterocycles. The molecule has 4 nitrogen and oxygen atoms in total. The molecule has 1 aliphatic rings. The molecule has 0 saturated carbocycles. The molecule has 0 fully saturated rings. The zero-order valence-corrected chi connectivity index (χ0v) is 13.5. The molecule has 0 bridgehead atoms. The fraction of sp³-hybridized carbons (Fsp3) is 0.133. The molecule has 2 aromatic carbocycles. The Bertz CT molecular complexity index is 704. The Labute approximate surface area is 135 Å². The average Bonchev–Trinajstić information content (AvgIpc) is 2.76. The summed E-state index contributed by atoms with van der Waals surface area (Å²) < 4.78 is 6.74. The van der Waals surface area contributed by atoms with Crippen LogP contribution in [0.5, 0.6) is 11.5 Å². The molecule has 0 aliphatic carbocycles. The van der Waals surface area contributed by atoms with Crippen LogP contribution in [-0.2, 0) is 4.79 Å². The molecular formula is C15H12BrClN2O2. The minimum atomic E-state index is -0.376. The monoisotopic (exact) mass is 366 g/mol. The van der Waals surface area contributed by atoms with Gasteiger partial charge in [0.2, 0.25) is 5.91 Å². The van der Waals surface area contributed by atoms with Crippen molar-refractivity contribution in [3.63, 3.8) is 0 Å². The number of nitrogens with one attached hydrogen (secondary N) is 2. The van der Waals surface area contributed by atoms with E-state index < -0.39 is 0 Å². The van der Waals surface area contributed by atoms with Crippen LogP contribution in [0.2, 0.25) is 5.02 Å². The lowest BCUT2D eigenvalue weighted by Gasteiger charge is -2.11. The van der Waals surface area contributed by atoms with Crippen LogP contribution in [0.25, 0.3) is 0 Å². The van der Waals surface area contributed by atoms with E-state index in [4.69, 9.17) is 16.3 Å². The summed E-state index contributed by atoms with van der Waals surface area (Å²) in [7, 11) is 1.74. The average molecular weight is 368 g/mol. The number of carbonyl (C=O) groups excluding carboxylic acids is 1. The quantitative estimate of drug-likeness (QED) is 0.858. The number of hydrogen-bond acceptors (Lipinski definition) is 3. The van der Waals surface area contributed by atoms with E-state index in [9.17, 15) is 4.79 Å². The Morgan fingerprint density at radius 3 is 2.67 bits per heavy atom. The third kappa shape index (κ3) is 2.77. The van der Waals surface area contributed by atoms with E-state index in [-0.39, 0.29) is 11.9 Å². The molecule has 1 unspecified atom stereocenters. The molecule has 0 spiro atoms. The van der Waals surface area contributed by atoms with Crippen molar-refractivity contribution in [1.29, 1.82) is 0 Å². The first-order valence-electron chi connectivity index (χ1n) is 6.33. The van der Waals surface area contributed by atoms with Crippen molar-refractivity contribution in [2.45, 2.75) is 6.04 Å². The van der Waals surface area contributed by atoms with Crippen molar-refractivity contribution in [3.8, 4) is 11.5 Å². The zero-order chi connectivity index (χ0) is 15.0. The van der Waals surface area contributed by atoms with Gasteiger partial charge in [-0.25, -0.2) is 0 Å². The lowest BCUT2D eigenvalue weighted by atomic mass is 10.1. The normalized spacial score (nSPS) is 16.5. The first kappa shape index (κ1) is 14.4. The van der Waals surface area contributed by atoms with Crippen molar-refractivity contribution >= 4 is 39.1 Å². The van der Waals surface area contributed by atoms with Gasteiger partial charge in [0.15, 0.2) is 0 Å². The van der Waals surface area contributed by atoms with E-state index >= 15 is 0 Å². The van der Waals surface area contributed by atoms with Gasteiger partial charge in [-0.3, -0.25) is 4.79 Å². The number of hydrogen-bond donors (Lipinski definition) is 2. The highest BCUT2D eigenvalue weighted by Gasteiger charge is 2.30. The second-order valence-corrected chi connectivity index (χ2v) is 5.96. The fourth-order valence-electron chi connectivity index (χ4n) is 2.26. The van der Waals surface area contributed by atoms with Gasteiger partial charge in [0.1, 0.15) is 17.5 Å². The molecule has 108 valence electrons. The summed E-state index contributed by atoms with van der Waals surface area (Å²) in [5.74, 6) is 1.09. The van der Waals surface area contributed by atoms with E-state index in [0.29, 0.717) is 16.5 Å². The van der Waals surface area contributed by atoms with E-state index in [1.54, 1.807) is 19.2 Å². The van der Waals surface area contributed by atoms with Crippen LogP contribution >= 0.6 is 27.5 Å². The molecule has 1 amide bonds. The van der Waals surface area contributed by atoms with Crippen molar-refractivity contribution in [2.75, 3.05) is 12.4 Å². The second-order valence-electron chi connectivity index (χ2n) is 4.64. The lowest BCUT2D eigenvalue weighted by Crippen LogP contribution is -2.23. The molecule has 2 aromatic rings. The Kier molecular flexibility index (Phi) is 3.89. The van der Waals surface area contributed by atoms with Crippen molar-refractivity contribution in [3.05, 3.63) is 51.5 Å². The van der Waals surface area contributed by atoms with Gasteiger partial charge >= 0.3 is 0 Å². The minimum absolute atomic E-state index is 0.0932. The molecule has 3 rings (SSSR count). The Balaban J connectivity index is 1.93. The first-order valence-corrected chi connectivity index (χ1v) is 7.50. The van der Waals surface area contributed by atoms with Gasteiger partial charge in [-0.05, 0) is 37.4 Å². The van der Waals surface area contributed by atoms with Crippen LogP contribution in [0.15, 0.2) is 40.9 Å². The highest BCUT2D eigenvalue weighted by molar-refractivity contribution is 9.10. The summed E-state index contributed by atoms with van der Waals surface area (Å²) in [6.45, 7) is 0. The molecule has 0 radical (unpaired) electrons.